The number of rotatable bonds is 7. The van der Waals surface area contributed by atoms with Gasteiger partial charge in [0.25, 0.3) is 0 Å². The van der Waals surface area contributed by atoms with Gasteiger partial charge in [0.05, 0.1) is 5.41 Å². The molecule has 35 heavy (non-hydrogen) atoms. The number of piperidine rings is 1. The Kier molecular flexibility index (Phi) is 8.91. The van der Waals surface area contributed by atoms with Gasteiger partial charge in [0.1, 0.15) is 0 Å². The maximum absolute atomic E-state index is 13.1. The van der Waals surface area contributed by atoms with Gasteiger partial charge >= 0.3 is 0 Å². The molecule has 2 saturated heterocycles. The molecule has 1 spiro atoms. The molecule has 2 amide bonds. The Morgan fingerprint density at radius 3 is 2.29 bits per heavy atom. The number of carbonyl (C=O) groups excluding carboxylic acids is 2. The lowest BCUT2D eigenvalue weighted by molar-refractivity contribution is -0.138. The average molecular weight is 477 g/mol. The van der Waals surface area contributed by atoms with E-state index >= 15 is 0 Å². The highest BCUT2D eigenvalue weighted by Gasteiger charge is 2.47. The summed E-state index contributed by atoms with van der Waals surface area (Å²) in [5, 5.41) is 0. The van der Waals surface area contributed by atoms with Crippen molar-refractivity contribution in [3.8, 4) is 0 Å². The molecule has 0 unspecified atom stereocenters. The maximum atomic E-state index is 13.1. The van der Waals surface area contributed by atoms with E-state index in [2.05, 4.69) is 46.3 Å². The van der Waals surface area contributed by atoms with E-state index in [4.69, 9.17) is 5.73 Å². The number of amides is 2. The molecule has 1 aromatic carbocycles. The summed E-state index contributed by atoms with van der Waals surface area (Å²) in [7, 11) is 0. The van der Waals surface area contributed by atoms with Crippen LogP contribution in [0.1, 0.15) is 62.5 Å². The molecule has 1 aliphatic carbocycles. The Morgan fingerprint density at radius 2 is 1.66 bits per heavy atom. The molecule has 0 radical (unpaired) electrons. The van der Waals surface area contributed by atoms with Crippen LogP contribution in [0.3, 0.4) is 0 Å². The molecule has 6 nitrogen and oxygen atoms in total. The summed E-state index contributed by atoms with van der Waals surface area (Å²) >= 11 is 0. The monoisotopic (exact) mass is 476 g/mol. The Hall–Kier alpha value is -2.73. The molecule has 188 valence electrons. The number of carbonyl (C=O) groups is 2. The first-order valence-electron chi connectivity index (χ1n) is 13.3. The van der Waals surface area contributed by atoms with Crippen molar-refractivity contribution in [1.29, 1.82) is 0 Å². The molecule has 0 atom stereocenters. The molecule has 3 fully saturated rings. The predicted octanol–water partition coefficient (Wildman–Crippen LogP) is 4.19. The lowest BCUT2D eigenvalue weighted by atomic mass is 9.77. The Labute approximate surface area is 209 Å². The largest absolute Gasteiger partial charge is 0.369 e. The normalized spacial score (nSPS) is 20.1. The first-order chi connectivity index (χ1) is 17.1. The van der Waals surface area contributed by atoms with E-state index in [9.17, 15) is 9.59 Å². The lowest BCUT2D eigenvalue weighted by Crippen LogP contribution is -2.44. The van der Waals surface area contributed by atoms with E-state index in [1.807, 2.05) is 17.2 Å². The Morgan fingerprint density at radius 1 is 0.971 bits per heavy atom. The van der Waals surface area contributed by atoms with Crippen LogP contribution in [0.4, 0.5) is 0 Å². The topological polar surface area (TPSA) is 79.5 Å². The van der Waals surface area contributed by atoms with Crippen LogP contribution in [0.15, 0.2) is 54.9 Å². The van der Waals surface area contributed by atoms with Gasteiger partial charge in [-0.2, -0.15) is 0 Å². The van der Waals surface area contributed by atoms with Crippen LogP contribution in [0.2, 0.25) is 0 Å². The zero-order chi connectivity index (χ0) is 24.5. The number of likely N-dealkylation sites (tertiary alicyclic amines) is 2. The maximum Gasteiger partial charge on any atom is 0.229 e. The summed E-state index contributed by atoms with van der Waals surface area (Å²) in [6.07, 6.45) is 13.5. The van der Waals surface area contributed by atoms with Crippen molar-refractivity contribution in [1.82, 2.24) is 14.8 Å². The van der Waals surface area contributed by atoms with Gasteiger partial charge in [-0.3, -0.25) is 14.6 Å². The SMILES string of the molecule is NC(=O)C1CCCC1.O=C1N(Cc2cccnc2)CCC12CCN(CCCc1ccccc1)CC2. The van der Waals surface area contributed by atoms with Crippen LogP contribution in [-0.2, 0) is 22.6 Å². The highest BCUT2D eigenvalue weighted by atomic mass is 16.2. The van der Waals surface area contributed by atoms with E-state index in [1.54, 1.807) is 6.20 Å². The van der Waals surface area contributed by atoms with Gasteiger partial charge in [-0.15, -0.1) is 0 Å². The molecular weight excluding hydrogens is 436 g/mol. The number of primary amides is 1. The molecule has 2 N–H and O–H groups in total. The summed E-state index contributed by atoms with van der Waals surface area (Å²) in [5.74, 6) is 0.466. The average Bonchev–Trinajstić information content (AvgIpc) is 3.53. The minimum absolute atomic E-state index is 0.0991. The van der Waals surface area contributed by atoms with Crippen LogP contribution in [-0.4, -0.2) is 52.8 Å². The van der Waals surface area contributed by atoms with Gasteiger partial charge in [-0.05, 0) is 81.8 Å². The molecular formula is C29H40N4O2. The fraction of sp³-hybridized carbons (Fsp3) is 0.552. The van der Waals surface area contributed by atoms with E-state index < -0.39 is 0 Å². The predicted molar refractivity (Wildman–Crippen MR) is 138 cm³/mol. The fourth-order valence-electron chi connectivity index (χ4n) is 5.79. The van der Waals surface area contributed by atoms with Crippen LogP contribution in [0.5, 0.6) is 0 Å². The van der Waals surface area contributed by atoms with Crippen LogP contribution >= 0.6 is 0 Å². The fourth-order valence-corrected chi connectivity index (χ4v) is 5.79. The summed E-state index contributed by atoms with van der Waals surface area (Å²) in [5.41, 5.74) is 7.51. The molecule has 6 heteroatoms. The molecule has 3 aliphatic rings. The second-order valence-corrected chi connectivity index (χ2v) is 10.4. The van der Waals surface area contributed by atoms with Gasteiger partial charge in [-0.1, -0.05) is 49.2 Å². The van der Waals surface area contributed by atoms with E-state index in [0.717, 1.165) is 70.3 Å². The molecule has 5 rings (SSSR count). The van der Waals surface area contributed by atoms with Gasteiger partial charge < -0.3 is 15.5 Å². The summed E-state index contributed by atoms with van der Waals surface area (Å²) in [4.78, 5) is 32.3. The molecule has 0 bridgehead atoms. The standard InChI is InChI=1S/C23H29N3O.C6H11NO/c27-22-23(12-17-26(22)19-21-8-4-13-24-18-21)10-15-25(16-11-23)14-5-9-20-6-2-1-3-7-20;7-6(8)5-3-1-2-4-5/h1-4,6-8,13,18H,5,9-12,14-17,19H2;5H,1-4H2,(H2,7,8). The number of pyridine rings is 1. The van der Waals surface area contributed by atoms with Crippen LogP contribution in [0, 0.1) is 11.3 Å². The second-order valence-electron chi connectivity index (χ2n) is 10.4. The molecule has 1 saturated carbocycles. The van der Waals surface area contributed by atoms with Crippen molar-refractivity contribution in [2.75, 3.05) is 26.2 Å². The van der Waals surface area contributed by atoms with Gasteiger partial charge in [0.2, 0.25) is 11.8 Å². The van der Waals surface area contributed by atoms with Crippen molar-refractivity contribution in [3.63, 3.8) is 0 Å². The van der Waals surface area contributed by atoms with Gasteiger partial charge in [0, 0.05) is 31.4 Å². The Bertz CT molecular complexity index is 936. The van der Waals surface area contributed by atoms with Crippen molar-refractivity contribution < 1.29 is 9.59 Å². The number of aromatic nitrogens is 1. The zero-order valence-corrected chi connectivity index (χ0v) is 20.9. The van der Waals surface area contributed by atoms with Gasteiger partial charge in [0.15, 0.2) is 0 Å². The van der Waals surface area contributed by atoms with E-state index in [0.29, 0.717) is 12.5 Å². The van der Waals surface area contributed by atoms with E-state index in [1.165, 1.54) is 24.8 Å². The third-order valence-electron chi connectivity index (χ3n) is 8.05. The number of hydrogen-bond donors (Lipinski definition) is 1. The van der Waals surface area contributed by atoms with Crippen molar-refractivity contribution >= 4 is 11.8 Å². The van der Waals surface area contributed by atoms with Crippen molar-refractivity contribution in [2.45, 2.75) is 64.3 Å². The molecule has 1 aromatic heterocycles. The van der Waals surface area contributed by atoms with Crippen LogP contribution < -0.4 is 5.73 Å². The molecule has 2 aliphatic heterocycles. The zero-order valence-electron chi connectivity index (χ0n) is 20.9. The number of nitrogens with zero attached hydrogens (tertiary/aromatic N) is 3. The van der Waals surface area contributed by atoms with Crippen LogP contribution in [0.25, 0.3) is 0 Å². The summed E-state index contributed by atoms with van der Waals surface area (Å²) < 4.78 is 0. The third-order valence-corrected chi connectivity index (χ3v) is 8.05. The summed E-state index contributed by atoms with van der Waals surface area (Å²) in [6, 6.07) is 14.7. The first-order valence-corrected chi connectivity index (χ1v) is 13.3. The quantitative estimate of drug-likeness (QED) is 0.650. The number of benzene rings is 1. The Balaban J connectivity index is 0.000000308. The lowest BCUT2D eigenvalue weighted by Gasteiger charge is -2.38. The van der Waals surface area contributed by atoms with Crippen molar-refractivity contribution in [3.05, 3.63) is 66.0 Å². The minimum Gasteiger partial charge on any atom is -0.369 e. The molecule has 3 heterocycles. The number of hydrogen-bond acceptors (Lipinski definition) is 4. The second kappa shape index (κ2) is 12.3. The van der Waals surface area contributed by atoms with Crippen molar-refractivity contribution in [2.24, 2.45) is 17.1 Å². The highest BCUT2D eigenvalue weighted by Crippen LogP contribution is 2.42. The summed E-state index contributed by atoms with van der Waals surface area (Å²) in [6.45, 7) is 4.85. The smallest absolute Gasteiger partial charge is 0.229 e. The molecule has 2 aromatic rings. The number of nitrogens with two attached hydrogens (primary N) is 1. The highest BCUT2D eigenvalue weighted by molar-refractivity contribution is 5.85. The first kappa shape index (κ1) is 25.4. The van der Waals surface area contributed by atoms with E-state index in [-0.39, 0.29) is 17.2 Å². The number of aryl methyl sites for hydroxylation is 1. The minimum atomic E-state index is -0.109. The third kappa shape index (κ3) is 6.91. The van der Waals surface area contributed by atoms with Gasteiger partial charge in [-0.25, -0.2) is 0 Å².